The number of benzene rings is 1. The smallest absolute Gasteiger partial charge is 0.408 e. The number of hydrogen-bond donors (Lipinski definition) is 1. The maximum Gasteiger partial charge on any atom is 0.408 e. The van der Waals surface area contributed by atoms with Gasteiger partial charge in [-0.05, 0) is 43.4 Å². The summed E-state index contributed by atoms with van der Waals surface area (Å²) in [7, 11) is -2.91. The molecule has 1 N–H and O–H groups in total. The minimum absolute atomic E-state index is 0.0213. The van der Waals surface area contributed by atoms with E-state index in [9.17, 15) is 13.2 Å². The summed E-state index contributed by atoms with van der Waals surface area (Å²) in [6.07, 6.45) is 0.108. The largest absolute Gasteiger partial charge is 0.479 e. The van der Waals surface area contributed by atoms with Crippen LogP contribution in [0.2, 0.25) is 0 Å². The molecule has 1 aromatic carbocycles. The molecule has 0 amide bonds. The molecule has 36 heavy (non-hydrogen) atoms. The van der Waals surface area contributed by atoms with Crippen molar-refractivity contribution in [2.24, 2.45) is 5.41 Å². The highest BCUT2D eigenvalue weighted by Gasteiger charge is 2.41. The van der Waals surface area contributed by atoms with Gasteiger partial charge in [0.15, 0.2) is 5.82 Å². The minimum atomic E-state index is -4.55. The molecule has 0 bridgehead atoms. The minimum Gasteiger partial charge on any atom is -0.479 e. The number of halogens is 4. The van der Waals surface area contributed by atoms with Crippen LogP contribution in [-0.2, 0) is 11.3 Å². The van der Waals surface area contributed by atoms with E-state index in [1.54, 1.807) is 0 Å². The highest BCUT2D eigenvalue weighted by atomic mass is 19.4. The first-order valence-corrected chi connectivity index (χ1v) is 11.4. The summed E-state index contributed by atoms with van der Waals surface area (Å²) in [4.78, 5) is 4.27. The number of nitrogens with one attached hydrogen (secondary N) is 1. The lowest BCUT2D eigenvalue weighted by molar-refractivity contribution is -0.142. The Balaban J connectivity index is 1.39. The summed E-state index contributed by atoms with van der Waals surface area (Å²) < 4.78 is 89.6. The van der Waals surface area contributed by atoms with Crippen molar-refractivity contribution in [3.8, 4) is 17.0 Å². The molecule has 1 saturated carbocycles. The van der Waals surface area contributed by atoms with Crippen LogP contribution in [0.4, 0.5) is 23.5 Å². The second kappa shape index (κ2) is 8.29. The molecule has 0 radical (unpaired) electrons. The van der Waals surface area contributed by atoms with E-state index in [-0.39, 0.29) is 45.1 Å². The van der Waals surface area contributed by atoms with E-state index in [1.807, 2.05) is 0 Å². The highest BCUT2D eigenvalue weighted by molar-refractivity contribution is 5.89. The van der Waals surface area contributed by atoms with Crippen LogP contribution in [0.15, 0.2) is 24.4 Å². The lowest BCUT2D eigenvalue weighted by Gasteiger charge is -2.46. The van der Waals surface area contributed by atoms with Crippen molar-refractivity contribution < 1.29 is 31.1 Å². The van der Waals surface area contributed by atoms with Gasteiger partial charge in [0, 0.05) is 11.5 Å². The van der Waals surface area contributed by atoms with Crippen molar-refractivity contribution in [1.29, 1.82) is 0 Å². The number of fused-ring (bicyclic) bond motifs is 2. The standard InChI is InChI=1S/C23H23F4N7O2/c1-35-20-19-18(13-2-3-16-17(8-13)34(32-30-16)10-23(25,26)27)15(24)9-33(19)31-21(29-20)28-14-4-6-22(7-5-14)11-36-12-22/h2-3,8-9,14H,4-7,10-12H2,1H3,(H,28,31)/i1D3. The normalized spacial score (nSPS) is 19.7. The summed E-state index contributed by atoms with van der Waals surface area (Å²) in [5, 5.41) is 14.8. The summed E-state index contributed by atoms with van der Waals surface area (Å²) in [6, 6.07) is 4.17. The molecule has 9 nitrogen and oxygen atoms in total. The zero-order valence-electron chi connectivity index (χ0n) is 21.8. The van der Waals surface area contributed by atoms with Crippen molar-refractivity contribution in [3.63, 3.8) is 0 Å². The van der Waals surface area contributed by atoms with Crippen LogP contribution in [0.5, 0.6) is 5.88 Å². The summed E-state index contributed by atoms with van der Waals surface area (Å²) >= 11 is 0. The van der Waals surface area contributed by atoms with Crippen LogP contribution in [0.25, 0.3) is 27.7 Å². The van der Waals surface area contributed by atoms with Gasteiger partial charge < -0.3 is 14.8 Å². The highest BCUT2D eigenvalue weighted by Crippen LogP contribution is 2.43. The molecule has 1 aliphatic heterocycles. The lowest BCUT2D eigenvalue weighted by atomic mass is 9.71. The van der Waals surface area contributed by atoms with Crippen molar-refractivity contribution in [2.45, 2.75) is 44.4 Å². The van der Waals surface area contributed by atoms with Gasteiger partial charge in [0.05, 0.1) is 41.6 Å². The maximum atomic E-state index is 15.4. The van der Waals surface area contributed by atoms with Gasteiger partial charge in [0.25, 0.3) is 0 Å². The van der Waals surface area contributed by atoms with Gasteiger partial charge in [-0.3, -0.25) is 0 Å². The van der Waals surface area contributed by atoms with E-state index in [0.29, 0.717) is 4.68 Å². The van der Waals surface area contributed by atoms with Gasteiger partial charge >= 0.3 is 6.18 Å². The third kappa shape index (κ3) is 4.00. The van der Waals surface area contributed by atoms with Crippen LogP contribution in [0.3, 0.4) is 0 Å². The Kier molecular flexibility index (Phi) is 4.53. The third-order valence-electron chi connectivity index (χ3n) is 6.98. The Labute approximate surface area is 206 Å². The fourth-order valence-electron chi connectivity index (χ4n) is 5.07. The zero-order valence-corrected chi connectivity index (χ0v) is 18.8. The Morgan fingerprint density at radius 2 is 2.08 bits per heavy atom. The van der Waals surface area contributed by atoms with E-state index >= 15 is 4.39 Å². The molecule has 4 heterocycles. The van der Waals surface area contributed by atoms with E-state index in [1.165, 1.54) is 18.2 Å². The molecule has 0 atom stereocenters. The Morgan fingerprint density at radius 3 is 2.78 bits per heavy atom. The topological polar surface area (TPSA) is 91.4 Å². The monoisotopic (exact) mass is 508 g/mol. The second-order valence-electron chi connectivity index (χ2n) is 9.47. The molecular formula is C23H23F4N7O2. The van der Waals surface area contributed by atoms with Crippen LogP contribution < -0.4 is 10.1 Å². The second-order valence-corrected chi connectivity index (χ2v) is 9.47. The third-order valence-corrected chi connectivity index (χ3v) is 6.98. The van der Waals surface area contributed by atoms with Crippen molar-refractivity contribution >= 4 is 22.5 Å². The molecule has 190 valence electrons. The van der Waals surface area contributed by atoms with Gasteiger partial charge in [0.2, 0.25) is 11.8 Å². The number of methoxy groups -OCH3 is 1. The van der Waals surface area contributed by atoms with Crippen LogP contribution in [-0.4, -0.2) is 62.1 Å². The molecule has 4 aromatic rings. The molecule has 2 aliphatic rings. The average molecular weight is 508 g/mol. The Morgan fingerprint density at radius 1 is 1.28 bits per heavy atom. The first-order chi connectivity index (χ1) is 18.4. The predicted molar refractivity (Wildman–Crippen MR) is 121 cm³/mol. The Hall–Kier alpha value is -3.48. The molecule has 0 unspecified atom stereocenters. The first kappa shape index (κ1) is 19.7. The van der Waals surface area contributed by atoms with Crippen molar-refractivity contribution in [3.05, 3.63) is 30.2 Å². The SMILES string of the molecule is [2H]C([2H])([2H])Oc1nc(NC2CCC3(CC2)COC3)nn2cc(F)c(-c3ccc4nnn(CC(F)(F)F)c4c3)c12. The van der Waals surface area contributed by atoms with E-state index in [0.717, 1.165) is 49.6 Å². The van der Waals surface area contributed by atoms with Crippen LogP contribution >= 0.6 is 0 Å². The number of aromatic nitrogens is 6. The average Bonchev–Trinajstić information content (AvgIpc) is 3.36. The fraction of sp³-hybridized carbons (Fsp3) is 0.478. The van der Waals surface area contributed by atoms with Gasteiger partial charge in [-0.15, -0.1) is 10.2 Å². The number of alkyl halides is 3. The summed E-state index contributed by atoms with van der Waals surface area (Å²) in [5.74, 6) is -1.12. The van der Waals surface area contributed by atoms with Crippen molar-refractivity contribution in [1.82, 2.24) is 29.6 Å². The van der Waals surface area contributed by atoms with E-state index < -0.39 is 31.5 Å². The number of ether oxygens (including phenoxy) is 2. The van der Waals surface area contributed by atoms with E-state index in [4.69, 9.17) is 13.6 Å². The number of hydrogen-bond acceptors (Lipinski definition) is 7. The fourth-order valence-corrected chi connectivity index (χ4v) is 5.07. The molecule has 1 saturated heterocycles. The van der Waals surface area contributed by atoms with Gasteiger partial charge in [0.1, 0.15) is 17.6 Å². The molecule has 1 aliphatic carbocycles. The number of anilines is 1. The van der Waals surface area contributed by atoms with Crippen LogP contribution in [0, 0.1) is 11.2 Å². The van der Waals surface area contributed by atoms with Crippen LogP contribution in [0.1, 0.15) is 29.8 Å². The van der Waals surface area contributed by atoms with E-state index in [2.05, 4.69) is 25.7 Å². The number of nitrogens with zero attached hydrogens (tertiary/aromatic N) is 6. The number of rotatable bonds is 5. The Bertz CT molecular complexity index is 1540. The quantitative estimate of drug-likeness (QED) is 0.404. The molecule has 1 spiro atoms. The molecule has 6 rings (SSSR count). The summed E-state index contributed by atoms with van der Waals surface area (Å²) in [6.45, 7) is 0.124. The van der Waals surface area contributed by atoms with Gasteiger partial charge in [-0.25, -0.2) is 13.6 Å². The van der Waals surface area contributed by atoms with Gasteiger partial charge in [-0.1, -0.05) is 11.3 Å². The molecule has 3 aromatic heterocycles. The predicted octanol–water partition coefficient (Wildman–Crippen LogP) is 4.22. The van der Waals surface area contributed by atoms with Gasteiger partial charge in [-0.2, -0.15) is 18.2 Å². The maximum absolute atomic E-state index is 15.4. The van der Waals surface area contributed by atoms with Crippen molar-refractivity contribution in [2.75, 3.05) is 25.6 Å². The zero-order chi connectivity index (χ0) is 27.6. The molecule has 13 heteroatoms. The molecular weight excluding hydrogens is 482 g/mol. The lowest BCUT2D eigenvalue weighted by Crippen LogP contribution is -2.47. The molecule has 2 fully saturated rings. The first-order valence-electron chi connectivity index (χ1n) is 12.9. The summed E-state index contributed by atoms with van der Waals surface area (Å²) in [5.41, 5.74) is 0.352.